The van der Waals surface area contributed by atoms with Crippen LogP contribution in [0, 0.1) is 0 Å². The van der Waals surface area contributed by atoms with Gasteiger partial charge in [0.15, 0.2) is 0 Å². The largest absolute Gasteiger partial charge is 0.494 e. The molecule has 0 aliphatic carbocycles. The second kappa shape index (κ2) is 9.01. The molecule has 0 saturated carbocycles. The Morgan fingerprint density at radius 2 is 1.85 bits per heavy atom. The molecule has 0 aliphatic rings. The quantitative estimate of drug-likeness (QED) is 0.608. The highest BCUT2D eigenvalue weighted by atomic mass is 35.5. The number of ether oxygens (including phenoxy) is 1. The van der Waals surface area contributed by atoms with Crippen LogP contribution < -0.4 is 10.1 Å². The van der Waals surface area contributed by atoms with Crippen LogP contribution in [-0.2, 0) is 11.3 Å². The lowest BCUT2D eigenvalue weighted by molar-refractivity contribution is -0.121. The predicted molar refractivity (Wildman–Crippen MR) is 97.8 cm³/mol. The average Bonchev–Trinajstić information content (AvgIpc) is 3.13. The fourth-order valence-corrected chi connectivity index (χ4v) is 2.49. The fourth-order valence-electron chi connectivity index (χ4n) is 2.27. The second-order valence-electron chi connectivity index (χ2n) is 5.52. The van der Waals surface area contributed by atoms with E-state index in [-0.39, 0.29) is 12.5 Å². The van der Waals surface area contributed by atoms with E-state index in [4.69, 9.17) is 20.8 Å². The molecule has 0 spiro atoms. The van der Waals surface area contributed by atoms with Crippen LogP contribution in [0.2, 0.25) is 5.02 Å². The number of para-hydroxylation sites is 1. The number of rotatable bonds is 8. The molecule has 3 aromatic rings. The summed E-state index contributed by atoms with van der Waals surface area (Å²) in [6.45, 7) is 0.657. The van der Waals surface area contributed by atoms with Gasteiger partial charge in [-0.15, -0.1) is 10.2 Å². The number of benzene rings is 2. The summed E-state index contributed by atoms with van der Waals surface area (Å²) in [5.41, 5.74) is 0.664. The number of carbonyl (C=O) groups excluding carboxylic acids is 1. The highest BCUT2D eigenvalue weighted by Gasteiger charge is 2.12. The van der Waals surface area contributed by atoms with Gasteiger partial charge in [-0.1, -0.05) is 41.9 Å². The standard InChI is InChI=1S/C19H18ClN3O3/c20-16-10-5-4-9-15(16)19-23-22-18(26-19)13-21-17(24)11-6-12-25-14-7-2-1-3-8-14/h1-5,7-10H,6,11-13H2,(H,21,24). The summed E-state index contributed by atoms with van der Waals surface area (Å²) in [7, 11) is 0. The lowest BCUT2D eigenvalue weighted by Gasteiger charge is -2.05. The minimum absolute atomic E-state index is 0.0980. The first kappa shape index (κ1) is 17.9. The van der Waals surface area contributed by atoms with Crippen LogP contribution in [0.25, 0.3) is 11.5 Å². The van der Waals surface area contributed by atoms with Gasteiger partial charge in [-0.25, -0.2) is 0 Å². The Bertz CT molecular complexity index is 852. The van der Waals surface area contributed by atoms with E-state index in [0.29, 0.717) is 41.8 Å². The number of halogens is 1. The van der Waals surface area contributed by atoms with Crippen molar-refractivity contribution < 1.29 is 13.9 Å². The van der Waals surface area contributed by atoms with Crippen molar-refractivity contribution in [2.45, 2.75) is 19.4 Å². The van der Waals surface area contributed by atoms with E-state index in [1.54, 1.807) is 12.1 Å². The van der Waals surface area contributed by atoms with Crippen molar-refractivity contribution in [1.82, 2.24) is 15.5 Å². The molecule has 1 amide bonds. The lowest BCUT2D eigenvalue weighted by atomic mass is 10.2. The highest BCUT2D eigenvalue weighted by molar-refractivity contribution is 6.33. The van der Waals surface area contributed by atoms with Gasteiger partial charge in [0.2, 0.25) is 17.7 Å². The summed E-state index contributed by atoms with van der Waals surface area (Å²) in [5.74, 6) is 1.36. The molecule has 1 heterocycles. The maximum Gasteiger partial charge on any atom is 0.249 e. The Labute approximate surface area is 156 Å². The maximum absolute atomic E-state index is 11.9. The first-order valence-electron chi connectivity index (χ1n) is 8.24. The summed E-state index contributed by atoms with van der Waals surface area (Å²) in [5, 5.41) is 11.2. The number of amides is 1. The van der Waals surface area contributed by atoms with E-state index in [1.807, 2.05) is 42.5 Å². The first-order valence-corrected chi connectivity index (χ1v) is 8.62. The molecule has 1 N–H and O–H groups in total. The first-order chi connectivity index (χ1) is 12.7. The Balaban J connectivity index is 1.40. The smallest absolute Gasteiger partial charge is 0.249 e. The van der Waals surface area contributed by atoms with Gasteiger partial charge in [0, 0.05) is 6.42 Å². The van der Waals surface area contributed by atoms with Gasteiger partial charge in [-0.05, 0) is 30.7 Å². The third-order valence-electron chi connectivity index (χ3n) is 3.57. The number of carbonyl (C=O) groups is 1. The number of hydrogen-bond acceptors (Lipinski definition) is 5. The SMILES string of the molecule is O=C(CCCOc1ccccc1)NCc1nnc(-c2ccccc2Cl)o1. The van der Waals surface area contributed by atoms with E-state index < -0.39 is 0 Å². The van der Waals surface area contributed by atoms with E-state index in [2.05, 4.69) is 15.5 Å². The molecule has 7 heteroatoms. The van der Waals surface area contributed by atoms with Crippen LogP contribution in [0.1, 0.15) is 18.7 Å². The zero-order chi connectivity index (χ0) is 18.2. The van der Waals surface area contributed by atoms with E-state index >= 15 is 0 Å². The molecular weight excluding hydrogens is 354 g/mol. The summed E-state index contributed by atoms with van der Waals surface area (Å²) in [4.78, 5) is 11.9. The zero-order valence-corrected chi connectivity index (χ0v) is 14.8. The van der Waals surface area contributed by atoms with E-state index in [0.717, 1.165) is 5.75 Å². The van der Waals surface area contributed by atoms with Crippen molar-refractivity contribution in [3.8, 4) is 17.2 Å². The number of aromatic nitrogens is 2. The molecule has 0 unspecified atom stereocenters. The van der Waals surface area contributed by atoms with Gasteiger partial charge in [-0.2, -0.15) is 0 Å². The normalized spacial score (nSPS) is 10.5. The topological polar surface area (TPSA) is 77.2 Å². The van der Waals surface area contributed by atoms with Gasteiger partial charge in [0.1, 0.15) is 5.75 Å². The molecule has 0 saturated heterocycles. The van der Waals surface area contributed by atoms with Crippen LogP contribution in [-0.4, -0.2) is 22.7 Å². The molecule has 0 radical (unpaired) electrons. The van der Waals surface area contributed by atoms with Gasteiger partial charge in [0.05, 0.1) is 23.7 Å². The zero-order valence-electron chi connectivity index (χ0n) is 14.0. The summed E-state index contributed by atoms with van der Waals surface area (Å²) < 4.78 is 11.1. The molecule has 0 aliphatic heterocycles. The van der Waals surface area contributed by atoms with Crippen LogP contribution in [0.15, 0.2) is 59.0 Å². The summed E-state index contributed by atoms with van der Waals surface area (Å²) >= 11 is 6.10. The maximum atomic E-state index is 11.9. The molecule has 6 nitrogen and oxygen atoms in total. The monoisotopic (exact) mass is 371 g/mol. The van der Waals surface area contributed by atoms with Crippen LogP contribution in [0.3, 0.4) is 0 Å². The number of nitrogens with zero attached hydrogens (tertiary/aromatic N) is 2. The number of hydrogen-bond donors (Lipinski definition) is 1. The minimum atomic E-state index is -0.0980. The Morgan fingerprint density at radius 1 is 1.08 bits per heavy atom. The van der Waals surface area contributed by atoms with Crippen LogP contribution >= 0.6 is 11.6 Å². The predicted octanol–water partition coefficient (Wildman–Crippen LogP) is 3.87. The van der Waals surface area contributed by atoms with Crippen molar-refractivity contribution in [2.75, 3.05) is 6.61 Å². The summed E-state index contributed by atoms with van der Waals surface area (Å²) in [6.07, 6.45) is 0.980. The van der Waals surface area contributed by atoms with Crippen molar-refractivity contribution in [3.63, 3.8) is 0 Å². The van der Waals surface area contributed by atoms with Gasteiger partial charge < -0.3 is 14.5 Å². The van der Waals surface area contributed by atoms with E-state index in [1.165, 1.54) is 0 Å². The van der Waals surface area contributed by atoms with Crippen LogP contribution in [0.4, 0.5) is 0 Å². The second-order valence-corrected chi connectivity index (χ2v) is 5.93. The van der Waals surface area contributed by atoms with Crippen molar-refractivity contribution >= 4 is 17.5 Å². The fraction of sp³-hybridized carbons (Fsp3) is 0.211. The third kappa shape index (κ3) is 5.07. The van der Waals surface area contributed by atoms with Gasteiger partial charge in [0.25, 0.3) is 0 Å². The molecular formula is C19H18ClN3O3. The molecule has 1 aromatic heterocycles. The van der Waals surface area contributed by atoms with Crippen molar-refractivity contribution in [2.24, 2.45) is 0 Å². The highest BCUT2D eigenvalue weighted by Crippen LogP contribution is 2.26. The average molecular weight is 372 g/mol. The minimum Gasteiger partial charge on any atom is -0.494 e. The molecule has 0 atom stereocenters. The molecule has 2 aromatic carbocycles. The Hall–Kier alpha value is -2.86. The number of nitrogens with one attached hydrogen (secondary N) is 1. The molecule has 0 bridgehead atoms. The third-order valence-corrected chi connectivity index (χ3v) is 3.90. The molecule has 26 heavy (non-hydrogen) atoms. The van der Waals surface area contributed by atoms with Crippen LogP contribution in [0.5, 0.6) is 5.75 Å². The van der Waals surface area contributed by atoms with Gasteiger partial charge in [-0.3, -0.25) is 4.79 Å². The van der Waals surface area contributed by atoms with E-state index in [9.17, 15) is 4.79 Å². The van der Waals surface area contributed by atoms with Crippen molar-refractivity contribution in [3.05, 3.63) is 65.5 Å². The Kier molecular flexibility index (Phi) is 6.22. The molecule has 0 fully saturated rings. The Morgan fingerprint density at radius 3 is 2.65 bits per heavy atom. The lowest BCUT2D eigenvalue weighted by Crippen LogP contribution is -2.23. The van der Waals surface area contributed by atoms with Crippen molar-refractivity contribution in [1.29, 1.82) is 0 Å². The molecule has 3 rings (SSSR count). The summed E-state index contributed by atoms with van der Waals surface area (Å²) in [6, 6.07) is 16.7. The van der Waals surface area contributed by atoms with Gasteiger partial charge >= 0.3 is 0 Å². The molecule has 134 valence electrons.